The van der Waals surface area contributed by atoms with E-state index in [1.54, 1.807) is 18.2 Å². The normalized spacial score (nSPS) is 10.6. The molecule has 0 aliphatic rings. The van der Waals surface area contributed by atoms with Gasteiger partial charge in [-0.05, 0) is 12.5 Å². The zero-order valence-corrected chi connectivity index (χ0v) is 11.0. The van der Waals surface area contributed by atoms with E-state index in [4.69, 9.17) is 4.42 Å². The number of furan rings is 1. The highest BCUT2D eigenvalue weighted by Gasteiger charge is 2.20. The average Bonchev–Trinajstić information content (AvgIpc) is 2.87. The van der Waals surface area contributed by atoms with Crippen LogP contribution in [0.15, 0.2) is 71.7 Å². The Labute approximate surface area is 117 Å². The molecule has 0 amide bonds. The minimum absolute atomic E-state index is 0.0846. The first-order valence-corrected chi connectivity index (χ1v) is 6.52. The number of fused-ring (bicyclic) bond motifs is 1. The summed E-state index contributed by atoms with van der Waals surface area (Å²) >= 11 is 0. The number of hydrogen-bond donors (Lipinski definition) is 0. The van der Waals surface area contributed by atoms with E-state index in [2.05, 4.69) is 6.58 Å². The van der Waals surface area contributed by atoms with E-state index in [-0.39, 0.29) is 5.78 Å². The zero-order valence-electron chi connectivity index (χ0n) is 11.0. The SMILES string of the molecule is C=CCc1c(C(=O)c2ccccc2)oc2ccccc12. The summed E-state index contributed by atoms with van der Waals surface area (Å²) in [6.07, 6.45) is 2.41. The lowest BCUT2D eigenvalue weighted by molar-refractivity contribution is 0.101. The van der Waals surface area contributed by atoms with Crippen LogP contribution in [-0.4, -0.2) is 5.78 Å². The Morgan fingerprint density at radius 1 is 1.05 bits per heavy atom. The van der Waals surface area contributed by atoms with Crippen LogP contribution in [0.2, 0.25) is 0 Å². The fourth-order valence-corrected chi connectivity index (χ4v) is 2.35. The largest absolute Gasteiger partial charge is 0.452 e. The maximum Gasteiger partial charge on any atom is 0.228 e. The molecule has 98 valence electrons. The second kappa shape index (κ2) is 5.17. The molecule has 3 rings (SSSR count). The monoisotopic (exact) mass is 262 g/mol. The second-order valence-corrected chi connectivity index (χ2v) is 4.59. The molecule has 0 spiro atoms. The second-order valence-electron chi connectivity index (χ2n) is 4.59. The lowest BCUT2D eigenvalue weighted by atomic mass is 10.0. The number of hydrogen-bond acceptors (Lipinski definition) is 2. The van der Waals surface area contributed by atoms with Gasteiger partial charge in [-0.2, -0.15) is 0 Å². The summed E-state index contributed by atoms with van der Waals surface area (Å²) in [5.41, 5.74) is 2.28. The van der Waals surface area contributed by atoms with Crippen LogP contribution in [0, 0.1) is 0 Å². The number of ketones is 1. The molecule has 20 heavy (non-hydrogen) atoms. The van der Waals surface area contributed by atoms with Crippen molar-refractivity contribution in [2.24, 2.45) is 0 Å². The third kappa shape index (κ3) is 2.05. The highest BCUT2D eigenvalue weighted by atomic mass is 16.3. The Morgan fingerprint density at radius 3 is 2.50 bits per heavy atom. The van der Waals surface area contributed by atoms with Crippen molar-refractivity contribution >= 4 is 16.8 Å². The quantitative estimate of drug-likeness (QED) is 0.515. The topological polar surface area (TPSA) is 30.2 Å². The molecule has 2 nitrogen and oxygen atoms in total. The van der Waals surface area contributed by atoms with Gasteiger partial charge in [0.15, 0.2) is 5.76 Å². The number of para-hydroxylation sites is 1. The van der Waals surface area contributed by atoms with Crippen LogP contribution in [0.25, 0.3) is 11.0 Å². The van der Waals surface area contributed by atoms with E-state index >= 15 is 0 Å². The molecule has 0 N–H and O–H groups in total. The van der Waals surface area contributed by atoms with Gasteiger partial charge in [-0.15, -0.1) is 6.58 Å². The van der Waals surface area contributed by atoms with Crippen LogP contribution in [-0.2, 0) is 6.42 Å². The van der Waals surface area contributed by atoms with Gasteiger partial charge in [-0.3, -0.25) is 4.79 Å². The first-order chi connectivity index (χ1) is 9.81. The molecule has 0 fully saturated rings. The molecule has 0 radical (unpaired) electrons. The summed E-state index contributed by atoms with van der Waals surface area (Å²) in [7, 11) is 0. The lowest BCUT2D eigenvalue weighted by Gasteiger charge is -2.00. The first-order valence-electron chi connectivity index (χ1n) is 6.52. The standard InChI is InChI=1S/C18H14O2/c1-2-8-15-14-11-6-7-12-16(14)20-18(15)17(19)13-9-4-3-5-10-13/h2-7,9-12H,1,8H2. The fraction of sp³-hybridized carbons (Fsp3) is 0.0556. The van der Waals surface area contributed by atoms with Gasteiger partial charge in [-0.1, -0.05) is 54.6 Å². The number of benzene rings is 2. The molecule has 2 aromatic carbocycles. The Bertz CT molecular complexity index is 766. The van der Waals surface area contributed by atoms with Gasteiger partial charge >= 0.3 is 0 Å². The van der Waals surface area contributed by atoms with E-state index in [1.807, 2.05) is 42.5 Å². The third-order valence-electron chi connectivity index (χ3n) is 3.29. The van der Waals surface area contributed by atoms with Crippen LogP contribution in [0.5, 0.6) is 0 Å². The maximum absolute atomic E-state index is 12.6. The van der Waals surface area contributed by atoms with Crippen molar-refractivity contribution in [2.75, 3.05) is 0 Å². The molecule has 0 atom stereocenters. The molecular formula is C18H14O2. The maximum atomic E-state index is 12.6. The van der Waals surface area contributed by atoms with Gasteiger partial charge in [0.05, 0.1) is 0 Å². The first kappa shape index (κ1) is 12.4. The Kier molecular flexibility index (Phi) is 3.21. The van der Waals surface area contributed by atoms with Crippen LogP contribution < -0.4 is 0 Å². The predicted octanol–water partition coefficient (Wildman–Crippen LogP) is 4.39. The summed E-state index contributed by atoms with van der Waals surface area (Å²) in [5, 5.41) is 0.978. The third-order valence-corrected chi connectivity index (χ3v) is 3.29. The van der Waals surface area contributed by atoms with E-state index in [0.29, 0.717) is 17.7 Å². The van der Waals surface area contributed by atoms with Crippen LogP contribution in [0.3, 0.4) is 0 Å². The summed E-state index contributed by atoms with van der Waals surface area (Å²) in [5.74, 6) is 0.330. The average molecular weight is 262 g/mol. The highest BCUT2D eigenvalue weighted by Crippen LogP contribution is 2.28. The molecule has 1 aromatic heterocycles. The van der Waals surface area contributed by atoms with Gasteiger partial charge in [0.25, 0.3) is 0 Å². The minimum atomic E-state index is -0.0846. The Hall–Kier alpha value is -2.61. The van der Waals surface area contributed by atoms with E-state index in [1.165, 1.54) is 0 Å². The molecule has 0 saturated heterocycles. The van der Waals surface area contributed by atoms with Crippen molar-refractivity contribution < 1.29 is 9.21 Å². The number of rotatable bonds is 4. The molecule has 1 heterocycles. The van der Waals surface area contributed by atoms with Gasteiger partial charge in [0.2, 0.25) is 5.78 Å². The van der Waals surface area contributed by atoms with Crippen molar-refractivity contribution in [3.63, 3.8) is 0 Å². The summed E-state index contributed by atoms with van der Waals surface area (Å²) in [4.78, 5) is 12.6. The summed E-state index contributed by atoms with van der Waals surface area (Å²) in [6.45, 7) is 3.76. The number of allylic oxidation sites excluding steroid dienone is 1. The smallest absolute Gasteiger partial charge is 0.228 e. The number of carbonyl (C=O) groups is 1. The van der Waals surface area contributed by atoms with Crippen molar-refractivity contribution in [1.82, 2.24) is 0 Å². The van der Waals surface area contributed by atoms with Crippen LogP contribution in [0.1, 0.15) is 21.7 Å². The zero-order chi connectivity index (χ0) is 13.9. The fourth-order valence-electron chi connectivity index (χ4n) is 2.35. The van der Waals surface area contributed by atoms with Crippen molar-refractivity contribution in [2.45, 2.75) is 6.42 Å². The molecular weight excluding hydrogens is 248 g/mol. The van der Waals surface area contributed by atoms with Crippen LogP contribution in [0.4, 0.5) is 0 Å². The molecule has 0 unspecified atom stereocenters. The molecule has 2 heteroatoms. The highest BCUT2D eigenvalue weighted by molar-refractivity contribution is 6.10. The van der Waals surface area contributed by atoms with E-state index in [0.717, 1.165) is 16.5 Å². The minimum Gasteiger partial charge on any atom is -0.452 e. The molecule has 0 saturated carbocycles. The van der Waals surface area contributed by atoms with Crippen molar-refractivity contribution in [3.8, 4) is 0 Å². The van der Waals surface area contributed by atoms with Crippen molar-refractivity contribution in [1.29, 1.82) is 0 Å². The van der Waals surface area contributed by atoms with Gasteiger partial charge in [0, 0.05) is 16.5 Å². The predicted molar refractivity (Wildman–Crippen MR) is 80.0 cm³/mol. The Morgan fingerprint density at radius 2 is 1.75 bits per heavy atom. The van der Waals surface area contributed by atoms with Gasteiger partial charge < -0.3 is 4.42 Å². The molecule has 3 aromatic rings. The van der Waals surface area contributed by atoms with Crippen LogP contribution >= 0.6 is 0 Å². The Balaban J connectivity index is 2.18. The van der Waals surface area contributed by atoms with Gasteiger partial charge in [-0.25, -0.2) is 0 Å². The molecule has 0 aliphatic heterocycles. The summed E-state index contributed by atoms with van der Waals surface area (Å²) < 4.78 is 5.77. The van der Waals surface area contributed by atoms with E-state index < -0.39 is 0 Å². The van der Waals surface area contributed by atoms with Crippen molar-refractivity contribution in [3.05, 3.63) is 84.1 Å². The number of carbonyl (C=O) groups excluding carboxylic acids is 1. The lowest BCUT2D eigenvalue weighted by Crippen LogP contribution is -2.02. The van der Waals surface area contributed by atoms with E-state index in [9.17, 15) is 4.79 Å². The van der Waals surface area contributed by atoms with Gasteiger partial charge in [0.1, 0.15) is 5.58 Å². The molecule has 0 aliphatic carbocycles. The molecule has 0 bridgehead atoms. The summed E-state index contributed by atoms with van der Waals surface area (Å²) in [6, 6.07) is 16.9.